The zero-order valence-electron chi connectivity index (χ0n) is 5.47. The van der Waals surface area contributed by atoms with E-state index in [1.807, 2.05) is 6.07 Å². The van der Waals surface area contributed by atoms with Gasteiger partial charge in [0.15, 0.2) is 0 Å². The Hall–Kier alpha value is -0.410. The molecular formula is C8H4BrFS. The average Bonchev–Trinajstić information content (AvgIpc) is 2.27. The smallest absolute Gasteiger partial charge is 0.124 e. The third-order valence-electron chi connectivity index (χ3n) is 1.45. The van der Waals surface area contributed by atoms with E-state index in [1.165, 1.54) is 6.07 Å². The fourth-order valence-electron chi connectivity index (χ4n) is 0.973. The van der Waals surface area contributed by atoms with Crippen LogP contribution in [0, 0.1) is 5.82 Å². The van der Waals surface area contributed by atoms with E-state index in [-0.39, 0.29) is 5.82 Å². The molecule has 2 aromatic rings. The topological polar surface area (TPSA) is 0 Å². The summed E-state index contributed by atoms with van der Waals surface area (Å²) in [6.07, 6.45) is 0. The minimum Gasteiger partial charge on any atom is -0.207 e. The summed E-state index contributed by atoms with van der Waals surface area (Å²) in [7, 11) is 0. The third kappa shape index (κ3) is 1.30. The second-order valence-electron chi connectivity index (χ2n) is 2.23. The lowest BCUT2D eigenvalue weighted by Gasteiger charge is -1.86. The molecular weight excluding hydrogens is 227 g/mol. The van der Waals surface area contributed by atoms with Crippen LogP contribution in [0.1, 0.15) is 0 Å². The van der Waals surface area contributed by atoms with Crippen molar-refractivity contribution in [2.75, 3.05) is 0 Å². The van der Waals surface area contributed by atoms with E-state index in [0.29, 0.717) is 0 Å². The van der Waals surface area contributed by atoms with Crippen molar-refractivity contribution in [2.24, 2.45) is 0 Å². The number of thiophene rings is 1. The Morgan fingerprint density at radius 2 is 2.09 bits per heavy atom. The van der Waals surface area contributed by atoms with Gasteiger partial charge in [0.05, 0.1) is 3.79 Å². The van der Waals surface area contributed by atoms with Gasteiger partial charge in [0, 0.05) is 4.70 Å². The molecule has 2 rings (SSSR count). The van der Waals surface area contributed by atoms with Crippen LogP contribution in [-0.2, 0) is 0 Å². The minimum atomic E-state index is -0.174. The molecule has 0 nitrogen and oxygen atoms in total. The monoisotopic (exact) mass is 230 g/mol. The molecule has 1 aromatic heterocycles. The van der Waals surface area contributed by atoms with E-state index in [2.05, 4.69) is 15.9 Å². The van der Waals surface area contributed by atoms with Gasteiger partial charge in [-0.25, -0.2) is 4.39 Å². The number of hydrogen-bond acceptors (Lipinski definition) is 1. The molecule has 0 spiro atoms. The summed E-state index contributed by atoms with van der Waals surface area (Å²) < 4.78 is 14.7. The fourth-order valence-corrected chi connectivity index (χ4v) is 2.55. The van der Waals surface area contributed by atoms with Crippen LogP contribution in [0.3, 0.4) is 0 Å². The molecule has 11 heavy (non-hydrogen) atoms. The standard InChI is InChI=1S/C8H4BrFS/c9-8-3-5-1-2-6(10)4-7(5)11-8/h1-4H. The lowest BCUT2D eigenvalue weighted by Crippen LogP contribution is -1.68. The first kappa shape index (κ1) is 7.25. The van der Waals surface area contributed by atoms with E-state index < -0.39 is 0 Å². The van der Waals surface area contributed by atoms with Gasteiger partial charge in [-0.1, -0.05) is 6.07 Å². The quantitative estimate of drug-likeness (QED) is 0.646. The van der Waals surface area contributed by atoms with Crippen LogP contribution >= 0.6 is 27.3 Å². The van der Waals surface area contributed by atoms with Crippen LogP contribution in [0.4, 0.5) is 4.39 Å². The van der Waals surface area contributed by atoms with Gasteiger partial charge in [-0.2, -0.15) is 0 Å². The first-order valence-corrected chi connectivity index (χ1v) is 4.71. The highest BCUT2D eigenvalue weighted by Crippen LogP contribution is 2.29. The number of fused-ring (bicyclic) bond motifs is 1. The Kier molecular flexibility index (Phi) is 1.69. The molecule has 0 unspecified atom stereocenters. The van der Waals surface area contributed by atoms with Crippen LogP contribution < -0.4 is 0 Å². The van der Waals surface area contributed by atoms with Gasteiger partial charge < -0.3 is 0 Å². The fraction of sp³-hybridized carbons (Fsp3) is 0. The lowest BCUT2D eigenvalue weighted by atomic mass is 10.3. The van der Waals surface area contributed by atoms with E-state index in [4.69, 9.17) is 0 Å². The zero-order valence-corrected chi connectivity index (χ0v) is 7.88. The summed E-state index contributed by atoms with van der Waals surface area (Å²) in [4.78, 5) is 0. The van der Waals surface area contributed by atoms with Gasteiger partial charge in [-0.05, 0) is 39.5 Å². The maximum absolute atomic E-state index is 12.6. The second kappa shape index (κ2) is 2.57. The first-order chi connectivity index (χ1) is 5.25. The lowest BCUT2D eigenvalue weighted by molar-refractivity contribution is 0.630. The molecule has 1 heterocycles. The van der Waals surface area contributed by atoms with Gasteiger partial charge in [-0.3, -0.25) is 0 Å². The van der Waals surface area contributed by atoms with Crippen molar-refractivity contribution < 1.29 is 4.39 Å². The number of halogens is 2. The van der Waals surface area contributed by atoms with Crippen LogP contribution in [-0.4, -0.2) is 0 Å². The predicted octanol–water partition coefficient (Wildman–Crippen LogP) is 3.80. The zero-order chi connectivity index (χ0) is 7.84. The second-order valence-corrected chi connectivity index (χ2v) is 4.70. The normalized spacial score (nSPS) is 10.7. The molecule has 1 aromatic carbocycles. The van der Waals surface area contributed by atoms with Gasteiger partial charge >= 0.3 is 0 Å². The molecule has 56 valence electrons. The van der Waals surface area contributed by atoms with E-state index >= 15 is 0 Å². The van der Waals surface area contributed by atoms with Gasteiger partial charge in [-0.15, -0.1) is 11.3 Å². The molecule has 0 fully saturated rings. The predicted molar refractivity (Wildman–Crippen MR) is 49.5 cm³/mol. The highest BCUT2D eigenvalue weighted by molar-refractivity contribution is 9.11. The summed E-state index contributed by atoms with van der Waals surface area (Å²) in [5.41, 5.74) is 0. The first-order valence-electron chi connectivity index (χ1n) is 3.10. The van der Waals surface area contributed by atoms with Crippen molar-refractivity contribution in [1.29, 1.82) is 0 Å². The summed E-state index contributed by atoms with van der Waals surface area (Å²) in [5.74, 6) is -0.174. The molecule has 3 heteroatoms. The molecule has 0 radical (unpaired) electrons. The average molecular weight is 231 g/mol. The van der Waals surface area contributed by atoms with Crippen LogP contribution in [0.15, 0.2) is 28.1 Å². The van der Waals surface area contributed by atoms with Crippen molar-refractivity contribution in [3.8, 4) is 0 Å². The number of hydrogen-bond donors (Lipinski definition) is 0. The third-order valence-corrected chi connectivity index (χ3v) is 3.05. The van der Waals surface area contributed by atoms with Crippen LogP contribution in [0.2, 0.25) is 0 Å². The molecule has 0 amide bonds. The molecule has 0 aliphatic heterocycles. The Bertz CT molecular complexity index is 394. The van der Waals surface area contributed by atoms with Gasteiger partial charge in [0.1, 0.15) is 5.82 Å². The molecule has 0 atom stereocenters. The molecule has 0 N–H and O–H groups in total. The van der Waals surface area contributed by atoms with Gasteiger partial charge in [0.25, 0.3) is 0 Å². The molecule has 0 saturated carbocycles. The molecule has 0 saturated heterocycles. The molecule has 0 aliphatic rings. The SMILES string of the molecule is Fc1ccc2cc(Br)sc2c1. The number of rotatable bonds is 0. The van der Waals surface area contributed by atoms with Crippen molar-refractivity contribution in [3.05, 3.63) is 33.9 Å². The summed E-state index contributed by atoms with van der Waals surface area (Å²) in [6, 6.07) is 6.79. The Balaban J connectivity index is 2.82. The minimum absolute atomic E-state index is 0.174. The van der Waals surface area contributed by atoms with Crippen molar-refractivity contribution in [3.63, 3.8) is 0 Å². The Morgan fingerprint density at radius 1 is 1.27 bits per heavy atom. The molecule has 0 bridgehead atoms. The summed E-state index contributed by atoms with van der Waals surface area (Å²) in [6.45, 7) is 0. The van der Waals surface area contributed by atoms with Crippen molar-refractivity contribution in [2.45, 2.75) is 0 Å². The van der Waals surface area contributed by atoms with Crippen LogP contribution in [0.5, 0.6) is 0 Å². The number of benzene rings is 1. The van der Waals surface area contributed by atoms with Crippen molar-refractivity contribution >= 4 is 37.4 Å². The largest absolute Gasteiger partial charge is 0.207 e. The maximum Gasteiger partial charge on any atom is 0.124 e. The summed E-state index contributed by atoms with van der Waals surface area (Å²) >= 11 is 4.89. The van der Waals surface area contributed by atoms with E-state index in [1.54, 1.807) is 23.5 Å². The maximum atomic E-state index is 12.6. The molecule has 0 aliphatic carbocycles. The highest BCUT2D eigenvalue weighted by Gasteiger charge is 1.99. The van der Waals surface area contributed by atoms with Gasteiger partial charge in [0.2, 0.25) is 0 Å². The van der Waals surface area contributed by atoms with E-state index in [9.17, 15) is 4.39 Å². The Labute approximate surface area is 75.8 Å². The van der Waals surface area contributed by atoms with Crippen molar-refractivity contribution in [1.82, 2.24) is 0 Å². The highest BCUT2D eigenvalue weighted by atomic mass is 79.9. The Morgan fingerprint density at radius 3 is 2.91 bits per heavy atom. The van der Waals surface area contributed by atoms with Crippen LogP contribution in [0.25, 0.3) is 10.1 Å². The summed E-state index contributed by atoms with van der Waals surface area (Å²) in [5, 5.41) is 1.09. The van der Waals surface area contributed by atoms with E-state index in [0.717, 1.165) is 13.9 Å².